The third-order valence-electron chi connectivity index (χ3n) is 4.70. The minimum atomic E-state index is -0.359. The molecule has 0 amide bonds. The van der Waals surface area contributed by atoms with Crippen LogP contribution in [0.4, 0.5) is 4.39 Å². The van der Waals surface area contributed by atoms with Gasteiger partial charge in [-0.05, 0) is 72.7 Å². The molecule has 0 saturated heterocycles. The monoisotopic (exact) mass is 377 g/mol. The van der Waals surface area contributed by atoms with E-state index in [2.05, 4.69) is 26.0 Å². The Morgan fingerprint density at radius 1 is 0.893 bits per heavy atom. The Morgan fingerprint density at radius 2 is 1.61 bits per heavy atom. The summed E-state index contributed by atoms with van der Waals surface area (Å²) in [6.45, 7) is 6.89. The van der Waals surface area contributed by atoms with Crippen molar-refractivity contribution >= 4 is 0 Å². The first-order valence-corrected chi connectivity index (χ1v) is 9.61. The lowest BCUT2D eigenvalue weighted by Gasteiger charge is -2.22. The summed E-state index contributed by atoms with van der Waals surface area (Å²) in [6.07, 6.45) is 0.780. The van der Waals surface area contributed by atoms with E-state index in [-0.39, 0.29) is 17.5 Å². The molecule has 0 N–H and O–H groups in total. The van der Waals surface area contributed by atoms with Gasteiger partial charge in [0.15, 0.2) is 11.6 Å². The molecule has 0 aliphatic carbocycles. The van der Waals surface area contributed by atoms with Crippen molar-refractivity contribution in [3.8, 4) is 17.2 Å². The molecule has 1 atom stereocenters. The van der Waals surface area contributed by atoms with E-state index in [0.717, 1.165) is 17.7 Å². The van der Waals surface area contributed by atoms with Gasteiger partial charge in [0, 0.05) is 0 Å². The van der Waals surface area contributed by atoms with E-state index in [0.29, 0.717) is 12.4 Å². The number of hydrogen-bond acceptors (Lipinski definition) is 2. The van der Waals surface area contributed by atoms with Gasteiger partial charge >= 0.3 is 0 Å². The first-order chi connectivity index (χ1) is 13.6. The molecule has 1 radical (unpaired) electrons. The second-order valence-electron chi connectivity index (χ2n) is 7.02. The van der Waals surface area contributed by atoms with Crippen molar-refractivity contribution in [3.63, 3.8) is 0 Å². The van der Waals surface area contributed by atoms with Crippen LogP contribution in [0, 0.1) is 11.7 Å². The Kier molecular flexibility index (Phi) is 6.70. The highest BCUT2D eigenvalue weighted by molar-refractivity contribution is 5.38. The van der Waals surface area contributed by atoms with Gasteiger partial charge in [-0.1, -0.05) is 50.2 Å². The fourth-order valence-corrected chi connectivity index (χ4v) is 3.22. The molecule has 0 aliphatic heterocycles. The molecule has 3 aromatic rings. The van der Waals surface area contributed by atoms with Gasteiger partial charge in [0.05, 0.1) is 6.61 Å². The summed E-state index contributed by atoms with van der Waals surface area (Å²) in [7, 11) is 0. The zero-order valence-electron chi connectivity index (χ0n) is 16.6. The van der Waals surface area contributed by atoms with E-state index in [4.69, 9.17) is 9.47 Å². The summed E-state index contributed by atoms with van der Waals surface area (Å²) >= 11 is 0. The number of halogens is 1. The van der Waals surface area contributed by atoms with Crippen molar-refractivity contribution in [2.24, 2.45) is 0 Å². The number of ether oxygens (including phenoxy) is 2. The Morgan fingerprint density at radius 3 is 2.25 bits per heavy atom. The largest absolute Gasteiger partial charge is 0.494 e. The van der Waals surface area contributed by atoms with Crippen LogP contribution >= 0.6 is 0 Å². The molecule has 3 rings (SSSR count). The molecule has 145 valence electrons. The standard InChI is InChI=1S/C25H26FO2/c1-4-27-21-13-11-20(12-14-21)23(18(2)3)16-19-10-15-24(26)25(17-19)28-22-8-6-5-7-9-22/h5-15,17,23H,4,16H2,1-3H3. The van der Waals surface area contributed by atoms with Crippen LogP contribution in [0.1, 0.15) is 37.8 Å². The SMILES string of the molecule is CCOc1ccc(C(Cc2ccc(F)c(Oc3ccccc3)c2)[C](C)C)cc1. The zero-order valence-corrected chi connectivity index (χ0v) is 16.6. The summed E-state index contributed by atoms with van der Waals surface area (Å²) in [4.78, 5) is 0. The van der Waals surface area contributed by atoms with Gasteiger partial charge in [0.25, 0.3) is 0 Å². The lowest BCUT2D eigenvalue weighted by atomic mass is 9.83. The van der Waals surface area contributed by atoms with Crippen molar-refractivity contribution < 1.29 is 13.9 Å². The molecule has 3 heteroatoms. The average Bonchev–Trinajstić information content (AvgIpc) is 2.70. The van der Waals surface area contributed by atoms with Crippen LogP contribution in [0.2, 0.25) is 0 Å². The molecule has 0 spiro atoms. The van der Waals surface area contributed by atoms with E-state index in [9.17, 15) is 4.39 Å². The zero-order chi connectivity index (χ0) is 19.9. The van der Waals surface area contributed by atoms with Gasteiger partial charge in [-0.3, -0.25) is 0 Å². The van der Waals surface area contributed by atoms with Gasteiger partial charge in [-0.15, -0.1) is 0 Å². The highest BCUT2D eigenvalue weighted by Gasteiger charge is 2.18. The van der Waals surface area contributed by atoms with Crippen molar-refractivity contribution in [1.29, 1.82) is 0 Å². The van der Waals surface area contributed by atoms with Crippen molar-refractivity contribution in [2.75, 3.05) is 6.61 Å². The maximum absolute atomic E-state index is 14.2. The van der Waals surface area contributed by atoms with E-state index in [1.807, 2.05) is 55.5 Å². The maximum Gasteiger partial charge on any atom is 0.165 e. The first kappa shape index (κ1) is 19.9. The van der Waals surface area contributed by atoms with E-state index >= 15 is 0 Å². The molecule has 0 aliphatic rings. The summed E-state index contributed by atoms with van der Waals surface area (Å²) in [5.74, 6) is 2.94. The Balaban J connectivity index is 1.80. The Bertz CT molecular complexity index is 873. The van der Waals surface area contributed by atoms with Crippen LogP contribution in [-0.4, -0.2) is 6.61 Å². The number of para-hydroxylation sites is 1. The van der Waals surface area contributed by atoms with Gasteiger partial charge in [0.1, 0.15) is 11.5 Å². The van der Waals surface area contributed by atoms with E-state index in [1.54, 1.807) is 6.07 Å². The molecule has 0 bridgehead atoms. The number of rotatable bonds is 8. The molecule has 3 aromatic carbocycles. The van der Waals surface area contributed by atoms with E-state index in [1.165, 1.54) is 17.5 Å². The highest BCUT2D eigenvalue weighted by Crippen LogP contribution is 2.33. The third kappa shape index (κ3) is 5.13. The predicted octanol–water partition coefficient (Wildman–Crippen LogP) is 6.96. The predicted molar refractivity (Wildman–Crippen MR) is 112 cm³/mol. The topological polar surface area (TPSA) is 18.5 Å². The van der Waals surface area contributed by atoms with Crippen molar-refractivity contribution in [3.05, 3.63) is 95.7 Å². The maximum atomic E-state index is 14.2. The molecular weight excluding hydrogens is 351 g/mol. The average molecular weight is 377 g/mol. The summed E-state index contributed by atoms with van der Waals surface area (Å²) < 4.78 is 25.5. The van der Waals surface area contributed by atoms with Gasteiger partial charge < -0.3 is 9.47 Å². The lowest BCUT2D eigenvalue weighted by molar-refractivity contribution is 0.340. The molecular formula is C25H26FO2. The Hall–Kier alpha value is -2.81. The summed E-state index contributed by atoms with van der Waals surface area (Å²) in [5.41, 5.74) is 2.26. The molecule has 0 heterocycles. The fraction of sp³-hybridized carbons (Fsp3) is 0.240. The van der Waals surface area contributed by atoms with Crippen LogP contribution in [-0.2, 0) is 6.42 Å². The second-order valence-corrected chi connectivity index (χ2v) is 7.02. The van der Waals surface area contributed by atoms with Crippen LogP contribution in [0.15, 0.2) is 72.8 Å². The van der Waals surface area contributed by atoms with Crippen LogP contribution < -0.4 is 9.47 Å². The molecule has 28 heavy (non-hydrogen) atoms. The van der Waals surface area contributed by atoms with Crippen molar-refractivity contribution in [2.45, 2.75) is 33.1 Å². The van der Waals surface area contributed by atoms with Crippen LogP contribution in [0.5, 0.6) is 17.2 Å². The Labute approximate surface area is 166 Å². The van der Waals surface area contributed by atoms with Gasteiger partial charge in [-0.2, -0.15) is 0 Å². The number of benzene rings is 3. The number of hydrogen-bond donors (Lipinski definition) is 0. The van der Waals surface area contributed by atoms with Crippen molar-refractivity contribution in [1.82, 2.24) is 0 Å². The third-order valence-corrected chi connectivity index (χ3v) is 4.70. The first-order valence-electron chi connectivity index (χ1n) is 9.61. The van der Waals surface area contributed by atoms with Crippen LogP contribution in [0.25, 0.3) is 0 Å². The molecule has 0 fully saturated rings. The van der Waals surface area contributed by atoms with Gasteiger partial charge in [0.2, 0.25) is 0 Å². The van der Waals surface area contributed by atoms with Crippen LogP contribution in [0.3, 0.4) is 0 Å². The molecule has 2 nitrogen and oxygen atoms in total. The van der Waals surface area contributed by atoms with Gasteiger partial charge in [-0.25, -0.2) is 4.39 Å². The fourth-order valence-electron chi connectivity index (χ4n) is 3.22. The minimum absolute atomic E-state index is 0.241. The summed E-state index contributed by atoms with van der Waals surface area (Å²) in [5, 5.41) is 0. The van der Waals surface area contributed by atoms with E-state index < -0.39 is 0 Å². The summed E-state index contributed by atoms with van der Waals surface area (Å²) in [6, 6.07) is 22.6. The molecule has 0 saturated carbocycles. The molecule has 0 aromatic heterocycles. The highest BCUT2D eigenvalue weighted by atomic mass is 19.1. The quantitative estimate of drug-likeness (QED) is 0.422. The minimum Gasteiger partial charge on any atom is -0.494 e. The lowest BCUT2D eigenvalue weighted by Crippen LogP contribution is -2.09. The smallest absolute Gasteiger partial charge is 0.165 e. The normalized spacial score (nSPS) is 12.0. The molecule has 1 unspecified atom stereocenters. The second kappa shape index (κ2) is 9.41.